The standard InChI is InChI=1S/C20H28O4/c1-11-8-14-13(18(14,3)4)6-7-19(5,23)10-15-16(21)12(2)9-20(15,24)17(11)22/h8-9,13-15,23-24H,6-7,10H2,1-5H3/b11-8+/t13-,14+,15-,19-,20+/m0/s1. The quantitative estimate of drug-likeness (QED) is 0.715. The van der Waals surface area contributed by atoms with E-state index < -0.39 is 22.9 Å². The smallest absolute Gasteiger partial charge is 0.194 e. The van der Waals surface area contributed by atoms with E-state index in [4.69, 9.17) is 0 Å². The van der Waals surface area contributed by atoms with Crippen LogP contribution in [0.2, 0.25) is 0 Å². The van der Waals surface area contributed by atoms with E-state index in [1.807, 2.05) is 6.08 Å². The molecule has 2 N–H and O–H groups in total. The van der Waals surface area contributed by atoms with Gasteiger partial charge in [-0.15, -0.1) is 0 Å². The summed E-state index contributed by atoms with van der Waals surface area (Å²) in [7, 11) is 0. The van der Waals surface area contributed by atoms with Crippen LogP contribution in [-0.4, -0.2) is 33.0 Å². The third-order valence-corrected chi connectivity index (χ3v) is 6.60. The average molecular weight is 332 g/mol. The van der Waals surface area contributed by atoms with E-state index in [9.17, 15) is 19.8 Å². The Morgan fingerprint density at radius 1 is 1.08 bits per heavy atom. The van der Waals surface area contributed by atoms with Gasteiger partial charge in [-0.2, -0.15) is 0 Å². The molecular formula is C20H28O4. The van der Waals surface area contributed by atoms with Gasteiger partial charge < -0.3 is 10.2 Å². The van der Waals surface area contributed by atoms with Crippen molar-refractivity contribution in [3.63, 3.8) is 0 Å². The first-order valence-electron chi connectivity index (χ1n) is 8.82. The molecule has 4 nitrogen and oxygen atoms in total. The summed E-state index contributed by atoms with van der Waals surface area (Å²) in [5, 5.41) is 21.9. The van der Waals surface area contributed by atoms with Crippen LogP contribution in [-0.2, 0) is 9.59 Å². The van der Waals surface area contributed by atoms with Gasteiger partial charge in [0.05, 0.1) is 11.5 Å². The fourth-order valence-electron chi connectivity index (χ4n) is 4.79. The lowest BCUT2D eigenvalue weighted by Gasteiger charge is -2.33. The highest BCUT2D eigenvalue weighted by Gasteiger charge is 2.58. The van der Waals surface area contributed by atoms with Gasteiger partial charge in [0.15, 0.2) is 17.2 Å². The predicted molar refractivity (Wildman–Crippen MR) is 91.2 cm³/mol. The van der Waals surface area contributed by atoms with Gasteiger partial charge >= 0.3 is 0 Å². The van der Waals surface area contributed by atoms with Gasteiger partial charge in [0.25, 0.3) is 0 Å². The molecule has 24 heavy (non-hydrogen) atoms. The van der Waals surface area contributed by atoms with Gasteiger partial charge in [0.1, 0.15) is 0 Å². The van der Waals surface area contributed by atoms with Crippen LogP contribution in [0.1, 0.15) is 53.9 Å². The van der Waals surface area contributed by atoms with E-state index in [0.29, 0.717) is 23.5 Å². The van der Waals surface area contributed by atoms with Crippen LogP contribution < -0.4 is 0 Å². The Hall–Kier alpha value is -1.26. The Morgan fingerprint density at radius 3 is 2.33 bits per heavy atom. The third-order valence-electron chi connectivity index (χ3n) is 6.60. The molecule has 132 valence electrons. The van der Waals surface area contributed by atoms with Gasteiger partial charge in [-0.25, -0.2) is 0 Å². The van der Waals surface area contributed by atoms with Crippen molar-refractivity contribution in [2.45, 2.75) is 65.1 Å². The van der Waals surface area contributed by atoms with Crippen LogP contribution in [0.3, 0.4) is 0 Å². The summed E-state index contributed by atoms with van der Waals surface area (Å²) in [5.74, 6) is -0.835. The molecule has 0 bridgehead atoms. The molecule has 0 heterocycles. The van der Waals surface area contributed by atoms with Crippen LogP contribution in [0.5, 0.6) is 0 Å². The van der Waals surface area contributed by atoms with Gasteiger partial charge in [-0.3, -0.25) is 9.59 Å². The molecular weight excluding hydrogens is 304 g/mol. The molecule has 0 aromatic carbocycles. The molecule has 0 amide bonds. The van der Waals surface area contributed by atoms with Crippen molar-refractivity contribution in [1.29, 1.82) is 0 Å². The van der Waals surface area contributed by atoms with E-state index in [2.05, 4.69) is 13.8 Å². The van der Waals surface area contributed by atoms with Crippen molar-refractivity contribution in [1.82, 2.24) is 0 Å². The van der Waals surface area contributed by atoms with Gasteiger partial charge in [0, 0.05) is 0 Å². The molecule has 0 spiro atoms. The maximum absolute atomic E-state index is 13.0. The molecule has 0 saturated heterocycles. The topological polar surface area (TPSA) is 74.6 Å². The highest BCUT2D eigenvalue weighted by atomic mass is 16.3. The van der Waals surface area contributed by atoms with Gasteiger partial charge in [0.2, 0.25) is 0 Å². The number of fused-ring (bicyclic) bond motifs is 2. The van der Waals surface area contributed by atoms with E-state index in [1.54, 1.807) is 20.8 Å². The molecule has 0 aromatic heterocycles. The molecule has 0 aliphatic heterocycles. The largest absolute Gasteiger partial charge is 0.390 e. The summed E-state index contributed by atoms with van der Waals surface area (Å²) in [5.41, 5.74) is -1.88. The van der Waals surface area contributed by atoms with Crippen LogP contribution in [0.4, 0.5) is 0 Å². The maximum atomic E-state index is 13.0. The lowest BCUT2D eigenvalue weighted by Crippen LogP contribution is -2.47. The van der Waals surface area contributed by atoms with Crippen molar-refractivity contribution in [2.24, 2.45) is 23.2 Å². The second-order valence-electron chi connectivity index (χ2n) is 8.94. The Morgan fingerprint density at radius 2 is 1.71 bits per heavy atom. The SMILES string of the molecule is CC1=C[C@]2(O)C(=O)/C(C)=C/[C@@H]3[C@H](CC[C@](C)(O)C[C@H]2C1=O)C3(C)C. The predicted octanol–water partition coefficient (Wildman–Crippen LogP) is 2.59. The summed E-state index contributed by atoms with van der Waals surface area (Å²) in [6, 6.07) is 0. The van der Waals surface area contributed by atoms with Crippen molar-refractivity contribution >= 4 is 11.6 Å². The van der Waals surface area contributed by atoms with Crippen molar-refractivity contribution in [2.75, 3.05) is 0 Å². The Labute approximate surface area is 143 Å². The average Bonchev–Trinajstić information content (AvgIpc) is 2.91. The minimum atomic E-state index is -1.83. The Bertz CT molecular complexity index is 667. The number of carbonyl (C=O) groups is 2. The van der Waals surface area contributed by atoms with E-state index in [1.165, 1.54) is 6.08 Å². The van der Waals surface area contributed by atoms with Gasteiger partial charge in [-0.1, -0.05) is 19.9 Å². The monoisotopic (exact) mass is 332 g/mol. The zero-order chi connectivity index (χ0) is 18.1. The first-order valence-corrected chi connectivity index (χ1v) is 8.82. The summed E-state index contributed by atoms with van der Waals surface area (Å²) < 4.78 is 0. The highest BCUT2D eigenvalue weighted by Crippen LogP contribution is 2.62. The normalized spacial score (nSPS) is 47.0. The minimum Gasteiger partial charge on any atom is -0.390 e. The number of rotatable bonds is 0. The van der Waals surface area contributed by atoms with Gasteiger partial charge in [-0.05, 0) is 74.5 Å². The molecule has 0 aromatic rings. The molecule has 3 aliphatic carbocycles. The molecule has 4 heteroatoms. The van der Waals surface area contributed by atoms with Crippen molar-refractivity contribution in [3.8, 4) is 0 Å². The second-order valence-corrected chi connectivity index (χ2v) is 8.94. The summed E-state index contributed by atoms with van der Waals surface area (Å²) >= 11 is 0. The molecule has 1 saturated carbocycles. The number of carbonyl (C=O) groups excluding carboxylic acids is 2. The first kappa shape index (κ1) is 17.6. The molecule has 3 rings (SSSR count). The molecule has 0 radical (unpaired) electrons. The number of aliphatic hydroxyl groups is 2. The first-order chi connectivity index (χ1) is 10.9. The fourth-order valence-corrected chi connectivity index (χ4v) is 4.79. The summed E-state index contributed by atoms with van der Waals surface area (Å²) in [4.78, 5) is 25.5. The number of ketones is 2. The zero-order valence-electron chi connectivity index (χ0n) is 15.2. The number of hydrogen-bond acceptors (Lipinski definition) is 4. The van der Waals surface area contributed by atoms with Crippen LogP contribution in [0, 0.1) is 23.2 Å². The van der Waals surface area contributed by atoms with E-state index in [0.717, 1.165) is 6.42 Å². The van der Waals surface area contributed by atoms with E-state index >= 15 is 0 Å². The Balaban J connectivity index is 2.06. The molecule has 5 atom stereocenters. The van der Waals surface area contributed by atoms with E-state index in [-0.39, 0.29) is 23.5 Å². The Kier molecular flexibility index (Phi) is 3.75. The van der Waals surface area contributed by atoms with Crippen molar-refractivity contribution in [3.05, 3.63) is 23.3 Å². The summed E-state index contributed by atoms with van der Waals surface area (Å²) in [6.07, 6.45) is 4.89. The minimum absolute atomic E-state index is 0.104. The van der Waals surface area contributed by atoms with Crippen LogP contribution >= 0.6 is 0 Å². The number of hydrogen-bond donors (Lipinski definition) is 2. The molecule has 3 aliphatic rings. The second kappa shape index (κ2) is 5.12. The van der Waals surface area contributed by atoms with Crippen LogP contribution in [0.15, 0.2) is 23.3 Å². The molecule has 0 unspecified atom stereocenters. The zero-order valence-corrected chi connectivity index (χ0v) is 15.2. The number of Topliss-reactive ketones (excluding diaryl/α,β-unsaturated/α-hetero) is 2. The third kappa shape index (κ3) is 2.51. The number of allylic oxidation sites excluding steroid dienone is 2. The maximum Gasteiger partial charge on any atom is 0.194 e. The van der Waals surface area contributed by atoms with Crippen LogP contribution in [0.25, 0.3) is 0 Å². The molecule has 1 fully saturated rings. The highest BCUT2D eigenvalue weighted by molar-refractivity contribution is 6.12. The fraction of sp³-hybridized carbons (Fsp3) is 0.700. The summed E-state index contributed by atoms with van der Waals surface area (Å²) in [6.45, 7) is 9.42. The lowest BCUT2D eigenvalue weighted by molar-refractivity contribution is -0.141. The lowest BCUT2D eigenvalue weighted by atomic mass is 9.76. The van der Waals surface area contributed by atoms with Crippen molar-refractivity contribution < 1.29 is 19.8 Å².